The maximum Gasteiger partial charge on any atom is 0.339 e. The molecular weight excluding hydrogens is 281 g/mol. The van der Waals surface area contributed by atoms with Crippen molar-refractivity contribution in [1.29, 1.82) is 0 Å². The van der Waals surface area contributed by atoms with Crippen LogP contribution in [-0.4, -0.2) is 15.4 Å². The fourth-order valence-electron chi connectivity index (χ4n) is 1.80. The SMILES string of the molecule is O=C(O)c1cc(F)ccc1Oc1snc2ccccc12. The Morgan fingerprint density at radius 3 is 2.85 bits per heavy atom. The van der Waals surface area contributed by atoms with Crippen LogP contribution < -0.4 is 4.74 Å². The number of halogens is 1. The highest BCUT2D eigenvalue weighted by Crippen LogP contribution is 2.35. The minimum absolute atomic E-state index is 0.0910. The number of carbonyl (C=O) groups is 1. The van der Waals surface area contributed by atoms with E-state index in [1.807, 2.05) is 24.3 Å². The Morgan fingerprint density at radius 1 is 1.25 bits per heavy atom. The first-order valence-electron chi connectivity index (χ1n) is 5.70. The summed E-state index contributed by atoms with van der Waals surface area (Å²) in [6, 6.07) is 10.7. The van der Waals surface area contributed by atoms with Crippen molar-refractivity contribution in [3.63, 3.8) is 0 Å². The first kappa shape index (κ1) is 12.6. The zero-order valence-electron chi connectivity index (χ0n) is 10.0. The predicted octanol–water partition coefficient (Wildman–Crippen LogP) is 3.93. The van der Waals surface area contributed by atoms with Crippen molar-refractivity contribution in [2.24, 2.45) is 0 Å². The second kappa shape index (κ2) is 4.90. The average molecular weight is 289 g/mol. The van der Waals surface area contributed by atoms with Crippen molar-refractivity contribution < 1.29 is 19.0 Å². The number of fused-ring (bicyclic) bond motifs is 1. The van der Waals surface area contributed by atoms with Crippen LogP contribution in [0.15, 0.2) is 42.5 Å². The highest BCUT2D eigenvalue weighted by Gasteiger charge is 2.15. The van der Waals surface area contributed by atoms with E-state index >= 15 is 0 Å². The number of benzene rings is 2. The van der Waals surface area contributed by atoms with Gasteiger partial charge in [-0.1, -0.05) is 12.1 Å². The van der Waals surface area contributed by atoms with Gasteiger partial charge >= 0.3 is 5.97 Å². The lowest BCUT2D eigenvalue weighted by Crippen LogP contribution is -2.00. The molecule has 3 aromatic rings. The topological polar surface area (TPSA) is 59.4 Å². The van der Waals surface area contributed by atoms with Gasteiger partial charge < -0.3 is 9.84 Å². The lowest BCUT2D eigenvalue weighted by molar-refractivity contribution is 0.0693. The quantitative estimate of drug-likeness (QED) is 0.793. The smallest absolute Gasteiger partial charge is 0.339 e. The molecule has 1 aromatic heterocycles. The van der Waals surface area contributed by atoms with E-state index in [2.05, 4.69) is 4.37 Å². The summed E-state index contributed by atoms with van der Waals surface area (Å²) >= 11 is 1.12. The zero-order valence-corrected chi connectivity index (χ0v) is 10.9. The Kier molecular flexibility index (Phi) is 3.08. The van der Waals surface area contributed by atoms with Crippen molar-refractivity contribution in [3.05, 3.63) is 53.8 Å². The largest absolute Gasteiger partial charge is 0.478 e. The lowest BCUT2D eigenvalue weighted by Gasteiger charge is -2.06. The van der Waals surface area contributed by atoms with E-state index in [0.717, 1.165) is 34.6 Å². The molecule has 2 aromatic carbocycles. The van der Waals surface area contributed by atoms with Crippen LogP contribution in [0.25, 0.3) is 10.9 Å². The average Bonchev–Trinajstić information content (AvgIpc) is 2.84. The maximum absolute atomic E-state index is 13.1. The van der Waals surface area contributed by atoms with Gasteiger partial charge in [0.15, 0.2) is 0 Å². The molecule has 6 heteroatoms. The van der Waals surface area contributed by atoms with Gasteiger partial charge in [-0.25, -0.2) is 9.18 Å². The Labute approximate surface area is 117 Å². The number of nitrogens with zero attached hydrogens (tertiary/aromatic N) is 1. The van der Waals surface area contributed by atoms with Gasteiger partial charge in [0.1, 0.15) is 17.1 Å². The summed E-state index contributed by atoms with van der Waals surface area (Å²) in [6.07, 6.45) is 0. The summed E-state index contributed by atoms with van der Waals surface area (Å²) in [5.41, 5.74) is 0.550. The van der Waals surface area contributed by atoms with E-state index in [0.29, 0.717) is 5.06 Å². The Hall–Kier alpha value is -2.47. The summed E-state index contributed by atoms with van der Waals surface area (Å²) in [6.45, 7) is 0. The number of carboxylic acids is 1. The second-order valence-corrected chi connectivity index (χ2v) is 4.77. The lowest BCUT2D eigenvalue weighted by atomic mass is 10.2. The molecule has 0 bridgehead atoms. The van der Waals surface area contributed by atoms with Gasteiger partial charge in [0.05, 0.1) is 10.9 Å². The molecule has 0 saturated heterocycles. The maximum atomic E-state index is 13.1. The molecule has 0 spiro atoms. The molecule has 0 fully saturated rings. The highest BCUT2D eigenvalue weighted by atomic mass is 32.1. The van der Waals surface area contributed by atoms with Crippen LogP contribution in [0.5, 0.6) is 10.8 Å². The Bertz CT molecular complexity index is 800. The molecule has 0 amide bonds. The fourth-order valence-corrected chi connectivity index (χ4v) is 2.54. The van der Waals surface area contributed by atoms with Crippen LogP contribution in [0.3, 0.4) is 0 Å². The Balaban J connectivity index is 2.05. The number of rotatable bonds is 3. The van der Waals surface area contributed by atoms with Crippen LogP contribution in [0, 0.1) is 5.82 Å². The third kappa shape index (κ3) is 2.21. The molecule has 0 saturated carbocycles. The number of aromatic carboxylic acids is 1. The van der Waals surface area contributed by atoms with Gasteiger partial charge in [-0.05, 0) is 30.3 Å². The fraction of sp³-hybridized carbons (Fsp3) is 0. The van der Waals surface area contributed by atoms with Gasteiger partial charge in [-0.3, -0.25) is 0 Å². The van der Waals surface area contributed by atoms with Crippen molar-refractivity contribution >= 4 is 28.4 Å². The minimum Gasteiger partial charge on any atom is -0.478 e. The number of ether oxygens (including phenoxy) is 1. The molecule has 0 atom stereocenters. The van der Waals surface area contributed by atoms with E-state index in [4.69, 9.17) is 9.84 Å². The van der Waals surface area contributed by atoms with Crippen LogP contribution in [0.1, 0.15) is 10.4 Å². The van der Waals surface area contributed by atoms with Crippen LogP contribution in [-0.2, 0) is 0 Å². The molecule has 3 rings (SSSR count). The molecule has 0 aliphatic rings. The van der Waals surface area contributed by atoms with E-state index < -0.39 is 11.8 Å². The number of hydrogen-bond acceptors (Lipinski definition) is 4. The van der Waals surface area contributed by atoms with E-state index in [-0.39, 0.29) is 11.3 Å². The second-order valence-electron chi connectivity index (χ2n) is 4.03. The third-order valence-corrected chi connectivity index (χ3v) is 3.48. The van der Waals surface area contributed by atoms with Gasteiger partial charge in [-0.2, -0.15) is 4.37 Å². The van der Waals surface area contributed by atoms with E-state index in [9.17, 15) is 9.18 Å². The van der Waals surface area contributed by atoms with Gasteiger partial charge in [-0.15, -0.1) is 0 Å². The summed E-state index contributed by atoms with van der Waals surface area (Å²) in [4.78, 5) is 11.1. The van der Waals surface area contributed by atoms with Gasteiger partial charge in [0.2, 0.25) is 5.06 Å². The molecule has 0 radical (unpaired) electrons. The van der Waals surface area contributed by atoms with E-state index in [1.54, 1.807) is 0 Å². The highest BCUT2D eigenvalue weighted by molar-refractivity contribution is 7.09. The molecular formula is C14H8FNO3S. The van der Waals surface area contributed by atoms with Crippen molar-refractivity contribution in [1.82, 2.24) is 4.37 Å². The molecule has 0 aliphatic carbocycles. The van der Waals surface area contributed by atoms with Gasteiger partial charge in [0.25, 0.3) is 0 Å². The molecule has 0 unspecified atom stereocenters. The third-order valence-electron chi connectivity index (χ3n) is 2.73. The monoisotopic (exact) mass is 289 g/mol. The zero-order chi connectivity index (χ0) is 14.1. The molecule has 1 heterocycles. The van der Waals surface area contributed by atoms with Crippen LogP contribution in [0.4, 0.5) is 4.39 Å². The first-order valence-corrected chi connectivity index (χ1v) is 6.47. The summed E-state index contributed by atoms with van der Waals surface area (Å²) in [7, 11) is 0. The van der Waals surface area contributed by atoms with E-state index in [1.165, 1.54) is 6.07 Å². The van der Waals surface area contributed by atoms with Crippen molar-refractivity contribution in [3.8, 4) is 10.8 Å². The van der Waals surface area contributed by atoms with Gasteiger partial charge in [0, 0.05) is 11.5 Å². The first-order chi connectivity index (χ1) is 9.65. The predicted molar refractivity (Wildman–Crippen MR) is 73.1 cm³/mol. The molecule has 1 N–H and O–H groups in total. The molecule has 4 nitrogen and oxygen atoms in total. The molecule has 100 valence electrons. The normalized spacial score (nSPS) is 10.7. The van der Waals surface area contributed by atoms with Crippen LogP contribution >= 0.6 is 11.5 Å². The van der Waals surface area contributed by atoms with Crippen molar-refractivity contribution in [2.75, 3.05) is 0 Å². The summed E-state index contributed by atoms with van der Waals surface area (Å²) < 4.78 is 22.9. The number of hydrogen-bond donors (Lipinski definition) is 1. The summed E-state index contributed by atoms with van der Waals surface area (Å²) in [5, 5.41) is 10.3. The Morgan fingerprint density at radius 2 is 2.05 bits per heavy atom. The minimum atomic E-state index is -1.24. The van der Waals surface area contributed by atoms with Crippen molar-refractivity contribution in [2.45, 2.75) is 0 Å². The number of carboxylic acid groups (broad SMARTS) is 1. The van der Waals surface area contributed by atoms with Crippen LogP contribution in [0.2, 0.25) is 0 Å². The molecule has 0 aliphatic heterocycles. The number of aromatic nitrogens is 1. The summed E-state index contributed by atoms with van der Waals surface area (Å²) in [5.74, 6) is -1.77. The standard InChI is InChI=1S/C14H8FNO3S/c15-8-5-6-12(10(7-8)13(17)18)19-14-9-3-1-2-4-11(9)16-20-14/h1-7H,(H,17,18). The molecule has 20 heavy (non-hydrogen) atoms.